The zero-order valence-electron chi connectivity index (χ0n) is 36.0. The fourth-order valence-electron chi connectivity index (χ4n) is 6.73. The third-order valence-electron chi connectivity index (χ3n) is 10.8. The largest absolute Gasteiger partial charge is 0.465 e. The lowest BCUT2D eigenvalue weighted by Gasteiger charge is -2.21. The maximum Gasteiger partial charge on any atom is 0.306 e. The standard InChI is InChI=1S/C46H85NO6/c1-37(2)30-32-41(39(5)6)35-51-44(48)27-21-17-13-9-11-15-19-25-43(53-46(50)29-23-24-34-47)26-20-16-12-10-14-18-22-28-45(49)52-36-42(40(7)8)33-31-38(3)4/h37-43H,9-33,35-36H2,1-8H3. The first-order valence-corrected chi connectivity index (χ1v) is 22.2. The normalized spacial score (nSPS) is 13.3. The van der Waals surface area contributed by atoms with Crippen molar-refractivity contribution in [2.75, 3.05) is 13.2 Å². The minimum absolute atomic E-state index is 0.0389. The number of unbranched alkanes of at least 4 members (excludes halogenated alkanes) is 13. The van der Waals surface area contributed by atoms with E-state index < -0.39 is 0 Å². The molecule has 53 heavy (non-hydrogen) atoms. The second-order valence-corrected chi connectivity index (χ2v) is 17.5. The van der Waals surface area contributed by atoms with E-state index >= 15 is 0 Å². The number of carbonyl (C=O) groups is 3. The SMILES string of the molecule is CC(C)CCC(COC(=O)CCCCCCCCCC(CCCCCCCCCC(=O)OCC(CCC(C)C)C(C)C)OC(=O)CCCC#N)C(C)C. The van der Waals surface area contributed by atoms with Crippen LogP contribution in [-0.4, -0.2) is 37.2 Å². The van der Waals surface area contributed by atoms with E-state index in [4.69, 9.17) is 19.5 Å². The predicted molar refractivity (Wildman–Crippen MR) is 219 cm³/mol. The summed E-state index contributed by atoms with van der Waals surface area (Å²) in [6.07, 6.45) is 23.8. The molecule has 0 saturated carbocycles. The maximum absolute atomic E-state index is 12.4. The van der Waals surface area contributed by atoms with Crippen molar-refractivity contribution in [2.24, 2.45) is 35.5 Å². The molecule has 0 heterocycles. The van der Waals surface area contributed by atoms with Crippen molar-refractivity contribution in [3.8, 4) is 6.07 Å². The van der Waals surface area contributed by atoms with Crippen LogP contribution in [0, 0.1) is 46.8 Å². The first-order valence-electron chi connectivity index (χ1n) is 22.2. The molecule has 0 aromatic carbocycles. The Kier molecular flexibility index (Phi) is 33.0. The molecule has 0 amide bonds. The summed E-state index contributed by atoms with van der Waals surface area (Å²) in [7, 11) is 0. The quantitative estimate of drug-likeness (QED) is 0.0357. The van der Waals surface area contributed by atoms with Gasteiger partial charge < -0.3 is 14.2 Å². The molecule has 7 nitrogen and oxygen atoms in total. The van der Waals surface area contributed by atoms with Gasteiger partial charge in [-0.05, 0) is 93.3 Å². The molecule has 0 aliphatic rings. The molecule has 0 aromatic rings. The molecule has 2 atom stereocenters. The molecular formula is C46H85NO6. The van der Waals surface area contributed by atoms with E-state index in [1.165, 1.54) is 12.8 Å². The van der Waals surface area contributed by atoms with E-state index in [-0.39, 0.29) is 24.0 Å². The van der Waals surface area contributed by atoms with Gasteiger partial charge in [0.1, 0.15) is 6.10 Å². The molecule has 2 unspecified atom stereocenters. The number of rotatable bonds is 36. The number of hydrogen-bond acceptors (Lipinski definition) is 7. The Morgan fingerprint density at radius 1 is 0.453 bits per heavy atom. The van der Waals surface area contributed by atoms with Crippen LogP contribution in [0.15, 0.2) is 0 Å². The number of ether oxygens (including phenoxy) is 3. The third-order valence-corrected chi connectivity index (χ3v) is 10.8. The van der Waals surface area contributed by atoms with Gasteiger partial charge in [-0.1, -0.05) is 132 Å². The summed E-state index contributed by atoms with van der Waals surface area (Å²) in [5, 5.41) is 8.81. The number of nitrogens with zero attached hydrogens (tertiary/aromatic N) is 1. The minimum Gasteiger partial charge on any atom is -0.465 e. The first-order chi connectivity index (χ1) is 25.3. The average molecular weight is 748 g/mol. The van der Waals surface area contributed by atoms with Gasteiger partial charge in [-0.15, -0.1) is 0 Å². The Balaban J connectivity index is 4.17. The van der Waals surface area contributed by atoms with E-state index in [1.54, 1.807) is 0 Å². The molecule has 0 spiro atoms. The van der Waals surface area contributed by atoms with Crippen LogP contribution in [-0.2, 0) is 28.6 Å². The number of carbonyl (C=O) groups excluding carboxylic acids is 3. The maximum atomic E-state index is 12.4. The molecule has 310 valence electrons. The highest BCUT2D eigenvalue weighted by molar-refractivity contribution is 5.70. The van der Waals surface area contributed by atoms with E-state index in [1.807, 2.05) is 0 Å². The molecule has 0 bridgehead atoms. The van der Waals surface area contributed by atoms with Crippen molar-refractivity contribution in [3.05, 3.63) is 0 Å². The van der Waals surface area contributed by atoms with Crippen LogP contribution in [0.25, 0.3) is 0 Å². The molecule has 0 fully saturated rings. The number of nitriles is 1. The van der Waals surface area contributed by atoms with Gasteiger partial charge >= 0.3 is 17.9 Å². The smallest absolute Gasteiger partial charge is 0.306 e. The molecule has 0 aliphatic heterocycles. The van der Waals surface area contributed by atoms with Gasteiger partial charge in [0.05, 0.1) is 19.3 Å². The van der Waals surface area contributed by atoms with Crippen LogP contribution in [0.4, 0.5) is 0 Å². The summed E-state index contributed by atoms with van der Waals surface area (Å²) < 4.78 is 17.1. The van der Waals surface area contributed by atoms with Crippen LogP contribution in [0.1, 0.15) is 216 Å². The third kappa shape index (κ3) is 33.0. The zero-order chi connectivity index (χ0) is 39.7. The van der Waals surface area contributed by atoms with E-state index in [0.717, 1.165) is 116 Å². The van der Waals surface area contributed by atoms with Crippen molar-refractivity contribution in [3.63, 3.8) is 0 Å². The Bertz CT molecular complexity index is 881. The number of hydrogen-bond donors (Lipinski definition) is 0. The minimum atomic E-state index is -0.173. The molecule has 0 radical (unpaired) electrons. The van der Waals surface area contributed by atoms with Crippen LogP contribution in [0.5, 0.6) is 0 Å². The highest BCUT2D eigenvalue weighted by atomic mass is 16.5. The summed E-state index contributed by atoms with van der Waals surface area (Å²) in [6, 6.07) is 2.11. The van der Waals surface area contributed by atoms with Gasteiger partial charge in [-0.3, -0.25) is 14.4 Å². The fourth-order valence-corrected chi connectivity index (χ4v) is 6.73. The summed E-state index contributed by atoms with van der Waals surface area (Å²) in [5.74, 6) is 3.04. The number of esters is 3. The molecule has 0 rings (SSSR count). The second-order valence-electron chi connectivity index (χ2n) is 17.5. The monoisotopic (exact) mass is 748 g/mol. The summed E-state index contributed by atoms with van der Waals surface area (Å²) >= 11 is 0. The van der Waals surface area contributed by atoms with Gasteiger partial charge in [0.2, 0.25) is 0 Å². The lowest BCUT2D eigenvalue weighted by atomic mass is 9.89. The van der Waals surface area contributed by atoms with E-state index in [2.05, 4.69) is 61.5 Å². The van der Waals surface area contributed by atoms with Gasteiger partial charge in [0.25, 0.3) is 0 Å². The topological polar surface area (TPSA) is 103 Å². The van der Waals surface area contributed by atoms with Gasteiger partial charge in [-0.2, -0.15) is 5.26 Å². The molecule has 0 saturated heterocycles. The van der Waals surface area contributed by atoms with Crippen LogP contribution >= 0.6 is 0 Å². The van der Waals surface area contributed by atoms with Gasteiger partial charge in [0.15, 0.2) is 0 Å². The highest BCUT2D eigenvalue weighted by Crippen LogP contribution is 2.23. The Labute approximate surface area is 327 Å². The van der Waals surface area contributed by atoms with Crippen molar-refractivity contribution in [1.29, 1.82) is 5.26 Å². The van der Waals surface area contributed by atoms with Crippen LogP contribution in [0.3, 0.4) is 0 Å². The molecule has 0 aliphatic carbocycles. The van der Waals surface area contributed by atoms with Crippen molar-refractivity contribution >= 4 is 17.9 Å². The Morgan fingerprint density at radius 3 is 1.17 bits per heavy atom. The van der Waals surface area contributed by atoms with Crippen molar-refractivity contribution < 1.29 is 28.6 Å². The molecule has 7 heteroatoms. The highest BCUT2D eigenvalue weighted by Gasteiger charge is 2.18. The summed E-state index contributed by atoms with van der Waals surface area (Å²) in [6.45, 7) is 19.0. The van der Waals surface area contributed by atoms with Crippen molar-refractivity contribution in [1.82, 2.24) is 0 Å². The lowest BCUT2D eigenvalue weighted by molar-refractivity contribution is -0.150. The first kappa shape index (κ1) is 50.9. The van der Waals surface area contributed by atoms with Crippen LogP contribution in [0.2, 0.25) is 0 Å². The van der Waals surface area contributed by atoms with E-state index in [0.29, 0.717) is 80.8 Å². The molecule has 0 N–H and O–H groups in total. The Morgan fingerprint density at radius 2 is 0.811 bits per heavy atom. The molecular weight excluding hydrogens is 663 g/mol. The molecule has 0 aromatic heterocycles. The predicted octanol–water partition coefficient (Wildman–Crippen LogP) is 13.1. The van der Waals surface area contributed by atoms with Crippen LogP contribution < -0.4 is 0 Å². The summed E-state index contributed by atoms with van der Waals surface area (Å²) in [5.41, 5.74) is 0. The fraction of sp³-hybridized carbons (Fsp3) is 0.913. The van der Waals surface area contributed by atoms with E-state index in [9.17, 15) is 14.4 Å². The van der Waals surface area contributed by atoms with Gasteiger partial charge in [-0.25, -0.2) is 0 Å². The van der Waals surface area contributed by atoms with Gasteiger partial charge in [0, 0.05) is 25.7 Å². The summed E-state index contributed by atoms with van der Waals surface area (Å²) in [4.78, 5) is 37.0. The Hall–Kier alpha value is -2.10. The average Bonchev–Trinajstić information content (AvgIpc) is 3.09. The van der Waals surface area contributed by atoms with Crippen molar-refractivity contribution in [2.45, 2.75) is 222 Å². The lowest BCUT2D eigenvalue weighted by Crippen LogP contribution is -2.19. The second kappa shape index (κ2) is 34.4. The zero-order valence-corrected chi connectivity index (χ0v) is 36.0.